The SMILES string of the molecule is COc1cccc2c1C(=O)c1c(O)c3c(c(O)c1C2=O)C[C@@](O)([C-]=NCC(=O)O[C@H](C(=O)O[C@H]1C[C@@]2(O)[C@@H](OC(=O)c4ccccc4)[C@H]4[C@](C)(C[C@H](OC(C)=O)C(=C1C)C2(C)C)[C@@H](OC(=O)NN=[C-][C@]1(O)Cc2c(O)c5c(c(O)c2[C@@H](O[C@@H]2C[C@@H](N)[C@@H](O)[C@@H](C)O2)C1)C(=O)c1c(OC)cccc1C5=O)C[C@H]1OC[C@]14OC(C)=O)[C@H](C[C-]=O)c1ccccc1)C[C@@H]3O[C@@H]1C[C@@H](N)[C@@H](O)[C@@H](C)O1.[V].[V].[V].[W]. The van der Waals surface area contributed by atoms with Crippen molar-refractivity contribution < 1.29 is 237 Å². The van der Waals surface area contributed by atoms with E-state index in [2.05, 4.69) is 27.9 Å². The molecule has 1 amide bonds. The van der Waals surface area contributed by atoms with Gasteiger partial charge in [-0.3, -0.25) is 39.8 Å². The van der Waals surface area contributed by atoms with Gasteiger partial charge in [-0.05, 0) is 105 Å². The molecular formula is C97H102N5O33V3W-3. The monoisotopic (exact) mass is 2200 g/mol. The number of aliphatic hydroxyl groups is 5. The van der Waals surface area contributed by atoms with E-state index in [1.54, 1.807) is 51.3 Å². The number of aromatic hydroxyl groups is 4. The van der Waals surface area contributed by atoms with Crippen LogP contribution in [-0.4, -0.2) is 259 Å². The quantitative estimate of drug-likeness (QED) is 0.00699. The maximum absolute atomic E-state index is 15.9. The van der Waals surface area contributed by atoms with Gasteiger partial charge in [-0.25, -0.2) is 19.8 Å². The fraction of sp³-hybridized carbons (Fsp3) is 0.474. The molecule has 3 aliphatic heterocycles. The number of hydrogen-bond donors (Lipinski definition) is 12. The zero-order valence-electron chi connectivity index (χ0n) is 76.7. The van der Waals surface area contributed by atoms with Crippen LogP contribution in [-0.2, 0) is 166 Å². The number of methoxy groups -OCH3 is 2. The van der Waals surface area contributed by atoms with Gasteiger partial charge in [-0.2, -0.15) is 0 Å². The van der Waals surface area contributed by atoms with Crippen molar-refractivity contribution in [1.29, 1.82) is 0 Å². The Morgan fingerprint density at radius 3 is 1.58 bits per heavy atom. The van der Waals surface area contributed by atoms with Crippen LogP contribution in [0.1, 0.15) is 227 Å². The number of ketones is 4. The van der Waals surface area contributed by atoms with E-state index in [1.807, 2.05) is 0 Å². The maximum atomic E-state index is 15.9. The number of benzene rings is 6. The van der Waals surface area contributed by atoms with Crippen molar-refractivity contribution in [2.24, 2.45) is 38.3 Å². The van der Waals surface area contributed by atoms with E-state index in [0.29, 0.717) is 0 Å². The molecule has 10 aliphatic rings. The average Bonchev–Trinajstić information content (AvgIpc) is 0.668. The zero-order valence-corrected chi connectivity index (χ0v) is 83.9. The largest absolute Gasteiger partial charge is 0.542 e. The van der Waals surface area contributed by atoms with Gasteiger partial charge in [0.1, 0.15) is 77.2 Å². The summed E-state index contributed by atoms with van der Waals surface area (Å²) >= 11 is 0. The zero-order chi connectivity index (χ0) is 97.1. The molecule has 737 valence electrons. The molecule has 0 aromatic heterocycles. The molecule has 3 radical (unpaired) electrons. The Balaban J connectivity index is 0.00000433. The van der Waals surface area contributed by atoms with Crippen molar-refractivity contribution in [3.8, 4) is 34.5 Å². The van der Waals surface area contributed by atoms with Crippen LogP contribution >= 0.6 is 0 Å². The number of rotatable bonds is 23. The second-order valence-corrected chi connectivity index (χ2v) is 36.9. The molecule has 5 fully saturated rings. The van der Waals surface area contributed by atoms with Crippen molar-refractivity contribution in [3.63, 3.8) is 0 Å². The number of nitrogens with zero attached hydrogens (tertiary/aromatic N) is 2. The topological polar surface area (TPSA) is 579 Å². The first kappa shape index (κ1) is 108. The summed E-state index contributed by atoms with van der Waals surface area (Å²) in [7, 11) is 2.54. The van der Waals surface area contributed by atoms with Crippen LogP contribution in [0.2, 0.25) is 0 Å². The number of aliphatic imine (C=N–C) groups is 1. The van der Waals surface area contributed by atoms with Gasteiger partial charge in [-0.1, -0.05) is 93.6 Å². The molecule has 2 bridgehead atoms. The van der Waals surface area contributed by atoms with Crippen molar-refractivity contribution in [2.75, 3.05) is 27.4 Å². The summed E-state index contributed by atoms with van der Waals surface area (Å²) in [6.45, 7) is 9.78. The van der Waals surface area contributed by atoms with Gasteiger partial charge in [0.15, 0.2) is 29.7 Å². The first-order chi connectivity index (χ1) is 64.0. The van der Waals surface area contributed by atoms with Gasteiger partial charge < -0.3 is 146 Å². The molecule has 2 saturated carbocycles. The van der Waals surface area contributed by atoms with Gasteiger partial charge >= 0.3 is 35.9 Å². The van der Waals surface area contributed by atoms with Crippen molar-refractivity contribution in [2.45, 2.75) is 246 Å². The van der Waals surface area contributed by atoms with Gasteiger partial charge in [0, 0.05) is 178 Å². The van der Waals surface area contributed by atoms with Crippen molar-refractivity contribution >= 4 is 77.8 Å². The van der Waals surface area contributed by atoms with Crippen LogP contribution in [0, 0.1) is 16.7 Å². The van der Waals surface area contributed by atoms with E-state index in [4.69, 9.17) is 73.0 Å². The first-order valence-corrected chi connectivity index (χ1v) is 44.0. The molecule has 6 aromatic carbocycles. The molecule has 3 saturated heterocycles. The summed E-state index contributed by atoms with van der Waals surface area (Å²) in [6.07, 6.45) is -20.3. The van der Waals surface area contributed by atoms with Crippen LogP contribution in [0.15, 0.2) is 118 Å². The Kier molecular flexibility index (Phi) is 32.3. The van der Waals surface area contributed by atoms with Gasteiger partial charge in [0.25, 0.3) is 0 Å². The Morgan fingerprint density at radius 2 is 1.10 bits per heavy atom. The van der Waals surface area contributed by atoms with Crippen LogP contribution in [0.4, 0.5) is 4.79 Å². The minimum Gasteiger partial charge on any atom is -0.542 e. The molecule has 139 heavy (non-hydrogen) atoms. The average molecular weight is 2200 g/mol. The number of amides is 1. The number of hydrazone groups is 1. The summed E-state index contributed by atoms with van der Waals surface area (Å²) in [4.78, 5) is 164. The number of fused-ring (bicyclic) bond motifs is 11. The Bertz CT molecular complexity index is 5950. The summed E-state index contributed by atoms with van der Waals surface area (Å²) in [6, 6.07) is 21.8. The normalized spacial score (nSPS) is 30.9. The molecule has 16 rings (SSSR count). The molecule has 3 heterocycles. The summed E-state index contributed by atoms with van der Waals surface area (Å²) in [5.74, 6) is -15.7. The van der Waals surface area contributed by atoms with Crippen molar-refractivity contribution in [1.82, 2.24) is 5.43 Å². The maximum Gasteiger partial charge on any atom is 0.425 e. The number of aliphatic hydroxyl groups excluding tert-OH is 2. The van der Waals surface area contributed by atoms with Crippen molar-refractivity contribution in [3.05, 3.63) is 186 Å². The van der Waals surface area contributed by atoms with E-state index >= 15 is 14.4 Å². The molecule has 0 unspecified atom stereocenters. The van der Waals surface area contributed by atoms with Crippen LogP contribution < -0.4 is 26.4 Å². The predicted octanol–water partition coefficient (Wildman–Crippen LogP) is 5.66. The fourth-order valence-corrected chi connectivity index (χ4v) is 21.9. The van der Waals surface area contributed by atoms with Crippen LogP contribution in [0.5, 0.6) is 34.5 Å². The number of nitrogens with one attached hydrogen (secondary N) is 1. The summed E-state index contributed by atoms with van der Waals surface area (Å²) < 4.78 is 80.7. The number of carbonyl (C=O) groups excluding carboxylic acids is 11. The first-order valence-electron chi connectivity index (χ1n) is 44.0. The van der Waals surface area contributed by atoms with E-state index < -0.39 is 305 Å². The van der Waals surface area contributed by atoms with E-state index in [0.717, 1.165) is 13.8 Å². The molecular weight excluding hydrogens is 2100 g/mol. The predicted molar refractivity (Wildman–Crippen MR) is 464 cm³/mol. The molecule has 6 aromatic rings. The minimum absolute atomic E-state index is 0. The summed E-state index contributed by atoms with van der Waals surface area (Å²) in [5.41, 5.74) is -2.58. The van der Waals surface area contributed by atoms with Gasteiger partial charge in [0.05, 0.1) is 102 Å². The van der Waals surface area contributed by atoms with Crippen LogP contribution in [0.3, 0.4) is 0 Å². The fourth-order valence-electron chi connectivity index (χ4n) is 21.9. The second kappa shape index (κ2) is 41.6. The number of esters is 5. The molecule has 14 N–H and O–H groups in total. The third-order valence-corrected chi connectivity index (χ3v) is 28.3. The smallest absolute Gasteiger partial charge is 0.425 e. The number of ether oxygens (including phenoxy) is 13. The van der Waals surface area contributed by atoms with Gasteiger partial charge in [0.2, 0.25) is 17.7 Å². The Hall–Kier alpha value is -9.87. The van der Waals surface area contributed by atoms with Gasteiger partial charge in [-0.15, -0.1) is 6.42 Å². The molecule has 23 atom stereocenters. The minimum atomic E-state index is -2.69. The number of hydrogen-bond acceptors (Lipinski definition) is 37. The molecule has 38 nitrogen and oxygen atoms in total. The van der Waals surface area contributed by atoms with E-state index in [-0.39, 0.29) is 174 Å². The Morgan fingerprint density at radius 1 is 0.597 bits per heavy atom. The van der Waals surface area contributed by atoms with Crippen LogP contribution in [0.25, 0.3) is 0 Å². The standard InChI is InChI=1S/C97H102N5O33.3V.W/c1-42-58(131-90(118)86(49(27-28-103)47-19-13-11-14-20-47)133-64(106)38-100-39-94(120)32-52-69(59(35-94)129-65-29-54(98)76(107)43(2)126-65)84(115)73-71(80(52)111)78(109)50-23-17-25-56(123-9)67(50)82(73)113)37-97(122)88(134-89(117)48-21-15-12-16-22-48)87-93(8,34-61(128-45(4)104)75(42)92(97,6)7)62(31-63-96(87,41-125-63)135-46(5)105)132-91(119)102-101-40-95(121)33-53-70(60(36-95)130-66-30-55(99)77(108)44(3)127-66)85(116)74-72(81(53)112)79(110)51-24-18-26-57(124-10)68(51)83(74)114;;;;/h11-26,43-44,49,54-55,58-63,65-66,76-77,86-88,107-108,111-112,115-116,120-122H,27,29-38,41,98-99H2,1-10H3,(H,102,119);;;;/q-3;;;;/t43-,44-,49-,54-,55-,58+,59+,60+,61+,62+,63-,65-,66-,76+,77+,86+,87+,88+,93-,94+,95+,96+,97-;;;;/m1..../s1. The molecule has 7 aliphatic carbocycles. The third kappa shape index (κ3) is 19.3. The second-order valence-electron chi connectivity index (χ2n) is 36.9. The molecule has 42 heteroatoms. The number of phenolic OH excluding ortho intramolecular Hbond substituents is 4. The summed E-state index contributed by atoms with van der Waals surface area (Å²) in [5, 5.41) is 115. The molecule has 0 spiro atoms. The Labute approximate surface area is 846 Å². The third-order valence-electron chi connectivity index (χ3n) is 28.3. The van der Waals surface area contributed by atoms with E-state index in [1.165, 1.54) is 108 Å². The number of phenols is 4. The van der Waals surface area contributed by atoms with E-state index in [9.17, 15) is 84.3 Å². The number of carbonyl (C=O) groups is 10. The number of nitrogens with two attached hydrogens (primary N) is 2.